The lowest BCUT2D eigenvalue weighted by Gasteiger charge is -2.20. The Morgan fingerprint density at radius 1 is 1.08 bits per heavy atom. The van der Waals surface area contributed by atoms with E-state index in [2.05, 4.69) is 20.4 Å². The van der Waals surface area contributed by atoms with Crippen LogP contribution in [0.25, 0.3) is 5.65 Å². The van der Waals surface area contributed by atoms with Crippen molar-refractivity contribution >= 4 is 17.3 Å². The van der Waals surface area contributed by atoms with Gasteiger partial charge in [-0.15, -0.1) is 15.3 Å². The zero-order valence-electron chi connectivity index (χ0n) is 12.4. The van der Waals surface area contributed by atoms with E-state index >= 15 is 0 Å². The summed E-state index contributed by atoms with van der Waals surface area (Å²) in [6, 6.07) is 4.87. The largest absolute Gasteiger partial charge is 0.453 e. The van der Waals surface area contributed by atoms with Gasteiger partial charge in [-0.2, -0.15) is 22.8 Å². The number of hydrogen-bond acceptors (Lipinski definition) is 6. The summed E-state index contributed by atoms with van der Waals surface area (Å²) in [5.41, 5.74) is 6.66. The van der Waals surface area contributed by atoms with Gasteiger partial charge in [0.15, 0.2) is 5.65 Å². The summed E-state index contributed by atoms with van der Waals surface area (Å²) < 4.78 is 41.5. The summed E-state index contributed by atoms with van der Waals surface area (Å²) in [4.78, 5) is 1.89. The molecular weight excluding hydrogens is 325 g/mol. The molecular formula is C13H13F3N8. The molecule has 0 aromatic carbocycles. The van der Waals surface area contributed by atoms with Gasteiger partial charge in [0.25, 0.3) is 5.82 Å². The number of aryl methyl sites for hydroxylation is 1. The second kappa shape index (κ2) is 5.08. The number of nitrogens with zero attached hydrogens (tertiary/aromatic N) is 7. The van der Waals surface area contributed by atoms with Crippen molar-refractivity contribution in [3.8, 4) is 0 Å². The minimum atomic E-state index is -4.61. The predicted octanol–water partition coefficient (Wildman–Crippen LogP) is 1.33. The number of rotatable bonds is 1. The first-order chi connectivity index (χ1) is 11.4. The molecule has 11 heteroatoms. The number of nitrogen functional groups attached to an aromatic ring is 1. The van der Waals surface area contributed by atoms with Crippen LogP contribution in [0.1, 0.15) is 17.9 Å². The maximum absolute atomic E-state index is 13.0. The van der Waals surface area contributed by atoms with E-state index in [1.165, 1.54) is 6.07 Å². The lowest BCUT2D eigenvalue weighted by atomic mass is 10.3. The first-order valence-corrected chi connectivity index (χ1v) is 7.28. The minimum absolute atomic E-state index is 0.0511. The molecule has 2 N–H and O–H groups in total. The summed E-state index contributed by atoms with van der Waals surface area (Å²) in [5.74, 6) is -0.294. The Morgan fingerprint density at radius 3 is 2.71 bits per heavy atom. The molecule has 0 saturated carbocycles. The molecule has 0 spiro atoms. The lowest BCUT2D eigenvalue weighted by Crippen LogP contribution is -2.25. The van der Waals surface area contributed by atoms with E-state index in [0.29, 0.717) is 31.3 Å². The van der Waals surface area contributed by atoms with Crippen LogP contribution >= 0.6 is 0 Å². The molecule has 0 unspecified atom stereocenters. The van der Waals surface area contributed by atoms with Crippen LogP contribution in [-0.2, 0) is 19.3 Å². The van der Waals surface area contributed by atoms with Gasteiger partial charge in [-0.1, -0.05) is 0 Å². The van der Waals surface area contributed by atoms with Gasteiger partial charge in [0.05, 0.1) is 12.2 Å². The SMILES string of the molecule is Nc1cc2n(n1)CCCN(c1ccc3nnc(C(F)(F)F)n3n1)C2. The van der Waals surface area contributed by atoms with Crippen LogP contribution in [0.3, 0.4) is 0 Å². The summed E-state index contributed by atoms with van der Waals surface area (Å²) in [6.07, 6.45) is -3.83. The molecule has 1 aliphatic heterocycles. The third-order valence-electron chi connectivity index (χ3n) is 3.86. The Kier molecular flexibility index (Phi) is 3.11. The van der Waals surface area contributed by atoms with Crippen LogP contribution in [0.4, 0.5) is 24.8 Å². The number of anilines is 2. The zero-order chi connectivity index (χ0) is 16.9. The van der Waals surface area contributed by atoms with E-state index in [9.17, 15) is 13.2 Å². The van der Waals surface area contributed by atoms with Gasteiger partial charge in [-0.25, -0.2) is 0 Å². The Balaban J connectivity index is 1.73. The van der Waals surface area contributed by atoms with Crippen molar-refractivity contribution in [3.05, 3.63) is 29.7 Å². The van der Waals surface area contributed by atoms with Crippen LogP contribution in [0.2, 0.25) is 0 Å². The molecule has 0 fully saturated rings. The molecule has 8 nitrogen and oxygen atoms in total. The summed E-state index contributed by atoms with van der Waals surface area (Å²) >= 11 is 0. The molecule has 0 saturated heterocycles. The third-order valence-corrected chi connectivity index (χ3v) is 3.86. The van der Waals surface area contributed by atoms with E-state index in [1.807, 2.05) is 9.58 Å². The Labute approximate surface area is 133 Å². The third kappa shape index (κ3) is 2.41. The van der Waals surface area contributed by atoms with Crippen molar-refractivity contribution in [2.75, 3.05) is 17.2 Å². The van der Waals surface area contributed by atoms with Crippen molar-refractivity contribution in [2.24, 2.45) is 0 Å². The maximum Gasteiger partial charge on any atom is 0.453 e. The quantitative estimate of drug-likeness (QED) is 0.720. The molecule has 4 heterocycles. The van der Waals surface area contributed by atoms with Crippen LogP contribution < -0.4 is 10.6 Å². The number of alkyl halides is 3. The molecule has 1 aliphatic rings. The van der Waals surface area contributed by atoms with Crippen molar-refractivity contribution in [1.82, 2.24) is 29.6 Å². The highest BCUT2D eigenvalue weighted by Gasteiger charge is 2.37. The Hall–Kier alpha value is -2.85. The molecule has 24 heavy (non-hydrogen) atoms. The van der Waals surface area contributed by atoms with E-state index in [-0.39, 0.29) is 5.65 Å². The number of aromatic nitrogens is 6. The fraction of sp³-hybridized carbons (Fsp3) is 0.385. The van der Waals surface area contributed by atoms with Crippen LogP contribution in [0.5, 0.6) is 0 Å². The molecule has 4 rings (SSSR count). The topological polar surface area (TPSA) is 90.2 Å². The van der Waals surface area contributed by atoms with Crippen molar-refractivity contribution in [2.45, 2.75) is 25.7 Å². The number of nitrogens with two attached hydrogens (primary N) is 1. The normalized spacial score (nSPS) is 15.5. The first kappa shape index (κ1) is 14.7. The fourth-order valence-corrected chi connectivity index (χ4v) is 2.80. The van der Waals surface area contributed by atoms with Crippen molar-refractivity contribution in [1.29, 1.82) is 0 Å². The second-order valence-corrected chi connectivity index (χ2v) is 5.54. The number of fused-ring (bicyclic) bond motifs is 2. The van der Waals surface area contributed by atoms with Crippen molar-refractivity contribution < 1.29 is 13.2 Å². The van der Waals surface area contributed by atoms with E-state index in [4.69, 9.17) is 5.73 Å². The smallest absolute Gasteiger partial charge is 0.382 e. The van der Waals surface area contributed by atoms with Gasteiger partial charge in [-0.3, -0.25) is 4.68 Å². The van der Waals surface area contributed by atoms with Gasteiger partial charge < -0.3 is 10.6 Å². The van der Waals surface area contributed by atoms with Gasteiger partial charge in [0, 0.05) is 19.2 Å². The molecule has 0 bridgehead atoms. The van der Waals surface area contributed by atoms with Crippen LogP contribution in [0, 0.1) is 0 Å². The number of halogens is 3. The predicted molar refractivity (Wildman–Crippen MR) is 78.1 cm³/mol. The zero-order valence-corrected chi connectivity index (χ0v) is 12.4. The molecule has 0 aliphatic carbocycles. The van der Waals surface area contributed by atoms with Gasteiger partial charge in [0.1, 0.15) is 11.6 Å². The van der Waals surface area contributed by atoms with E-state index < -0.39 is 12.0 Å². The molecule has 0 radical (unpaired) electrons. The Morgan fingerprint density at radius 2 is 1.92 bits per heavy atom. The monoisotopic (exact) mass is 338 g/mol. The molecule has 3 aromatic rings. The van der Waals surface area contributed by atoms with Crippen LogP contribution in [-0.4, -0.2) is 36.1 Å². The summed E-state index contributed by atoms with van der Waals surface area (Å²) in [7, 11) is 0. The maximum atomic E-state index is 13.0. The molecule has 3 aromatic heterocycles. The molecule has 126 valence electrons. The van der Waals surface area contributed by atoms with Crippen LogP contribution in [0.15, 0.2) is 18.2 Å². The van der Waals surface area contributed by atoms with Gasteiger partial charge in [0.2, 0.25) is 0 Å². The average Bonchev–Trinajstić information content (AvgIpc) is 3.03. The van der Waals surface area contributed by atoms with Gasteiger partial charge >= 0.3 is 6.18 Å². The lowest BCUT2D eigenvalue weighted by molar-refractivity contribution is -0.146. The highest BCUT2D eigenvalue weighted by atomic mass is 19.4. The summed E-state index contributed by atoms with van der Waals surface area (Å²) in [5, 5.41) is 15.0. The average molecular weight is 338 g/mol. The Bertz CT molecular complexity index is 896. The highest BCUT2D eigenvalue weighted by molar-refractivity contribution is 5.47. The second-order valence-electron chi connectivity index (χ2n) is 5.54. The summed E-state index contributed by atoms with van der Waals surface area (Å²) in [6.45, 7) is 1.81. The molecule has 0 amide bonds. The van der Waals surface area contributed by atoms with E-state index in [0.717, 1.165) is 16.6 Å². The van der Waals surface area contributed by atoms with Gasteiger partial charge in [-0.05, 0) is 18.6 Å². The minimum Gasteiger partial charge on any atom is -0.382 e. The molecule has 0 atom stereocenters. The van der Waals surface area contributed by atoms with E-state index in [1.54, 1.807) is 12.1 Å². The van der Waals surface area contributed by atoms with Crippen molar-refractivity contribution in [3.63, 3.8) is 0 Å². The first-order valence-electron chi connectivity index (χ1n) is 7.28. The fourth-order valence-electron chi connectivity index (χ4n) is 2.80. The highest BCUT2D eigenvalue weighted by Crippen LogP contribution is 2.28. The number of hydrogen-bond donors (Lipinski definition) is 1. The standard InChI is InChI=1S/C13H13F3N8/c14-13(15,16)12-19-18-10-2-3-11(21-24(10)12)22-4-1-5-23-8(7-22)6-9(17)20-23/h2-3,6H,1,4-5,7H2,(H2,17,20).